The molecule has 1 saturated heterocycles. The second kappa shape index (κ2) is 11.1. The first kappa shape index (κ1) is 26.7. The molecule has 9 nitrogen and oxygen atoms in total. The van der Waals surface area contributed by atoms with E-state index in [-0.39, 0.29) is 6.10 Å². The number of benzene rings is 3. The maximum absolute atomic E-state index is 6.57. The van der Waals surface area contributed by atoms with E-state index in [1.165, 1.54) is 22.1 Å². The molecule has 0 saturated carbocycles. The molecule has 1 fully saturated rings. The number of thiazole rings is 1. The average Bonchev–Trinajstić information content (AvgIpc) is 3.72. The Bertz CT molecular complexity index is 1760. The van der Waals surface area contributed by atoms with Crippen molar-refractivity contribution in [2.24, 2.45) is 0 Å². The van der Waals surface area contributed by atoms with Gasteiger partial charge in [-0.1, -0.05) is 46.7 Å². The zero-order valence-electron chi connectivity index (χ0n) is 21.6. The Balaban J connectivity index is 0.000000184. The van der Waals surface area contributed by atoms with E-state index in [1.807, 2.05) is 23.5 Å². The summed E-state index contributed by atoms with van der Waals surface area (Å²) >= 11 is 14.1. The fraction of sp³-hybridized carbons (Fsp3) is 0.214. The first-order valence-electron chi connectivity index (χ1n) is 12.5. The Morgan fingerprint density at radius 1 is 1.07 bits per heavy atom. The minimum atomic E-state index is -1.02. The first-order valence-corrected chi connectivity index (χ1v) is 14.0. The van der Waals surface area contributed by atoms with Gasteiger partial charge in [0, 0.05) is 10.6 Å². The van der Waals surface area contributed by atoms with E-state index in [2.05, 4.69) is 45.4 Å². The van der Waals surface area contributed by atoms with Gasteiger partial charge < -0.3 is 14.2 Å². The lowest BCUT2D eigenvalue weighted by molar-refractivity contribution is -0.186. The Labute approximate surface area is 243 Å². The second-order valence-electron chi connectivity index (χ2n) is 9.29. The van der Waals surface area contributed by atoms with Crippen LogP contribution in [0.1, 0.15) is 18.1 Å². The van der Waals surface area contributed by atoms with Crippen molar-refractivity contribution >= 4 is 49.7 Å². The van der Waals surface area contributed by atoms with E-state index >= 15 is 0 Å². The summed E-state index contributed by atoms with van der Waals surface area (Å²) in [5.41, 5.74) is 3.21. The van der Waals surface area contributed by atoms with Crippen molar-refractivity contribution < 1.29 is 14.2 Å². The highest BCUT2D eigenvalue weighted by Gasteiger charge is 2.44. The van der Waals surface area contributed by atoms with Gasteiger partial charge in [0.1, 0.15) is 37.0 Å². The van der Waals surface area contributed by atoms with Gasteiger partial charge in [-0.15, -0.1) is 10.2 Å². The van der Waals surface area contributed by atoms with Gasteiger partial charge >= 0.3 is 0 Å². The van der Waals surface area contributed by atoms with Gasteiger partial charge in [-0.25, -0.2) is 9.67 Å². The largest absolute Gasteiger partial charge is 0.457 e. The highest BCUT2D eigenvalue weighted by atomic mass is 35.5. The van der Waals surface area contributed by atoms with Crippen LogP contribution >= 0.6 is 34.5 Å². The molecule has 40 heavy (non-hydrogen) atoms. The summed E-state index contributed by atoms with van der Waals surface area (Å²) in [5.74, 6) is 0.249. The van der Waals surface area contributed by atoms with Crippen LogP contribution in [0.3, 0.4) is 0 Å². The minimum absolute atomic E-state index is 0.0606. The van der Waals surface area contributed by atoms with Crippen molar-refractivity contribution in [2.75, 3.05) is 6.61 Å². The standard InChI is InChI=1S/C19H17Cl2N3O3.C9H7N3S/c1-13-9-25-19(27-13,10-24-12-22-11-23-24)17-7-6-16(8-18(17)21)26-15-4-2-14(20)3-5-15;1-6-3-2-4-7-8(6)12-5-10-11-9(12)13-7/h2-8,11-13H,9-10H2,1H3;2-5H,1H3. The average molecular weight is 596 g/mol. The van der Waals surface area contributed by atoms with Crippen LogP contribution in [-0.4, -0.2) is 42.1 Å². The lowest BCUT2D eigenvalue weighted by atomic mass is 10.1. The number of hydrogen-bond donors (Lipinski definition) is 0. The summed E-state index contributed by atoms with van der Waals surface area (Å²) in [6.45, 7) is 4.87. The summed E-state index contributed by atoms with van der Waals surface area (Å²) in [6.07, 6.45) is 4.79. The maximum atomic E-state index is 6.57. The molecule has 1 aliphatic heterocycles. The zero-order chi connectivity index (χ0) is 27.7. The van der Waals surface area contributed by atoms with Gasteiger partial charge in [0.2, 0.25) is 10.7 Å². The molecule has 0 bridgehead atoms. The summed E-state index contributed by atoms with van der Waals surface area (Å²) in [7, 11) is 0. The summed E-state index contributed by atoms with van der Waals surface area (Å²) in [4.78, 5) is 4.94. The lowest BCUT2D eigenvalue weighted by Crippen LogP contribution is -2.34. The molecular formula is C28H24Cl2N6O3S. The van der Waals surface area contributed by atoms with Crippen molar-refractivity contribution in [1.82, 2.24) is 29.4 Å². The third-order valence-electron chi connectivity index (χ3n) is 6.34. The van der Waals surface area contributed by atoms with Gasteiger partial charge in [-0.05, 0) is 67.9 Å². The van der Waals surface area contributed by atoms with E-state index in [4.69, 9.17) is 37.4 Å². The molecule has 0 spiro atoms. The number of ether oxygens (including phenoxy) is 3. The third-order valence-corrected chi connectivity index (χ3v) is 7.91. The number of nitrogens with zero attached hydrogens (tertiary/aromatic N) is 6. The fourth-order valence-electron chi connectivity index (χ4n) is 4.56. The molecule has 204 valence electrons. The number of rotatable bonds is 5. The molecule has 2 atom stereocenters. The number of fused-ring (bicyclic) bond motifs is 3. The Kier molecular flexibility index (Phi) is 7.43. The normalized spacial score (nSPS) is 18.6. The molecule has 12 heteroatoms. The predicted octanol–water partition coefficient (Wildman–Crippen LogP) is 6.92. The molecule has 6 aromatic rings. The van der Waals surface area contributed by atoms with E-state index in [0.29, 0.717) is 40.3 Å². The number of halogens is 2. The fourth-order valence-corrected chi connectivity index (χ4v) is 6.02. The van der Waals surface area contributed by atoms with Gasteiger partial charge in [-0.2, -0.15) is 5.10 Å². The molecule has 3 aromatic heterocycles. The Morgan fingerprint density at radius 3 is 2.62 bits per heavy atom. The van der Waals surface area contributed by atoms with E-state index < -0.39 is 5.79 Å². The zero-order valence-corrected chi connectivity index (χ0v) is 23.9. The maximum Gasteiger partial charge on any atom is 0.217 e. The topological polar surface area (TPSA) is 88.6 Å². The van der Waals surface area contributed by atoms with Crippen molar-refractivity contribution in [3.8, 4) is 11.5 Å². The minimum Gasteiger partial charge on any atom is -0.457 e. The molecule has 0 amide bonds. The SMILES string of the molecule is CC1COC(Cn2cncn2)(c2ccc(Oc3ccc(Cl)cc3)cc2Cl)O1.Cc1cccc2sc3nncn3c12. The summed E-state index contributed by atoms with van der Waals surface area (Å²) in [5, 5.41) is 13.2. The molecule has 4 heterocycles. The highest BCUT2D eigenvalue weighted by molar-refractivity contribution is 7.23. The van der Waals surface area contributed by atoms with Crippen molar-refractivity contribution in [2.45, 2.75) is 32.3 Å². The predicted molar refractivity (Wildman–Crippen MR) is 154 cm³/mol. The van der Waals surface area contributed by atoms with Crippen LogP contribution in [0.25, 0.3) is 15.2 Å². The number of aryl methyl sites for hydroxylation is 1. The highest BCUT2D eigenvalue weighted by Crippen LogP contribution is 2.41. The molecule has 2 unspecified atom stereocenters. The van der Waals surface area contributed by atoms with Crippen LogP contribution in [0.2, 0.25) is 10.0 Å². The van der Waals surface area contributed by atoms with E-state index in [9.17, 15) is 0 Å². The lowest BCUT2D eigenvalue weighted by Gasteiger charge is -2.29. The number of para-hydroxylation sites is 1. The van der Waals surface area contributed by atoms with Crippen molar-refractivity contribution in [1.29, 1.82) is 0 Å². The molecule has 0 radical (unpaired) electrons. The van der Waals surface area contributed by atoms with Crippen LogP contribution in [0.5, 0.6) is 11.5 Å². The van der Waals surface area contributed by atoms with E-state index in [0.717, 1.165) is 4.96 Å². The smallest absolute Gasteiger partial charge is 0.217 e. The van der Waals surface area contributed by atoms with Crippen molar-refractivity contribution in [3.63, 3.8) is 0 Å². The van der Waals surface area contributed by atoms with Crippen molar-refractivity contribution in [3.05, 3.63) is 101 Å². The van der Waals surface area contributed by atoms with Crippen LogP contribution < -0.4 is 4.74 Å². The molecule has 0 N–H and O–H groups in total. The van der Waals surface area contributed by atoms with Crippen LogP contribution in [0.15, 0.2) is 79.6 Å². The van der Waals surface area contributed by atoms with Gasteiger partial charge in [0.25, 0.3) is 0 Å². The number of aromatic nitrogens is 6. The molecule has 3 aromatic carbocycles. The quantitative estimate of drug-likeness (QED) is 0.214. The van der Waals surface area contributed by atoms with Gasteiger partial charge in [0.05, 0.1) is 28.0 Å². The third kappa shape index (κ3) is 5.41. The van der Waals surface area contributed by atoms with Crippen LogP contribution in [0.4, 0.5) is 0 Å². The van der Waals surface area contributed by atoms with Crippen LogP contribution in [0, 0.1) is 6.92 Å². The Morgan fingerprint density at radius 2 is 1.90 bits per heavy atom. The monoisotopic (exact) mass is 594 g/mol. The molecule has 1 aliphatic rings. The Hall–Kier alpha value is -3.54. The van der Waals surface area contributed by atoms with Gasteiger partial charge in [0.15, 0.2) is 0 Å². The summed E-state index contributed by atoms with van der Waals surface area (Å²) in [6, 6.07) is 18.8. The second-order valence-corrected chi connectivity index (χ2v) is 11.1. The first-order chi connectivity index (χ1) is 19.4. The van der Waals surface area contributed by atoms with E-state index in [1.54, 1.807) is 59.0 Å². The number of hydrogen-bond acceptors (Lipinski definition) is 8. The van der Waals surface area contributed by atoms with Crippen LogP contribution in [-0.2, 0) is 21.8 Å². The summed E-state index contributed by atoms with van der Waals surface area (Å²) < 4.78 is 22.9. The molecule has 0 aliphatic carbocycles. The molecular weight excluding hydrogens is 571 g/mol. The molecule has 7 rings (SSSR count). The van der Waals surface area contributed by atoms with Gasteiger partial charge in [-0.3, -0.25) is 4.40 Å².